The topological polar surface area (TPSA) is 63.9 Å². The Morgan fingerprint density at radius 1 is 1.47 bits per heavy atom. The smallest absolute Gasteiger partial charge is 0.180 e. The van der Waals surface area contributed by atoms with Gasteiger partial charge in [0.2, 0.25) is 0 Å². The van der Waals surface area contributed by atoms with E-state index >= 15 is 0 Å². The molecule has 0 bridgehead atoms. The van der Waals surface area contributed by atoms with Gasteiger partial charge in [0.25, 0.3) is 0 Å². The Hall–Kier alpha value is -1.75. The van der Waals surface area contributed by atoms with Crippen LogP contribution in [0.25, 0.3) is 11.0 Å². The molecule has 0 amide bonds. The Kier molecular flexibility index (Phi) is 3.82. The number of para-hydroxylation sites is 1. The molecule has 0 aliphatic rings. The van der Waals surface area contributed by atoms with E-state index in [9.17, 15) is 0 Å². The highest BCUT2D eigenvalue weighted by molar-refractivity contribution is 8.13. The number of benzene rings is 1. The van der Waals surface area contributed by atoms with Crippen LogP contribution in [-0.2, 0) is 6.42 Å². The molecular weight excluding hydrogens is 234 g/mol. The summed E-state index contributed by atoms with van der Waals surface area (Å²) >= 11 is 1.37. The van der Waals surface area contributed by atoms with Crippen LogP contribution >= 0.6 is 11.8 Å². The first kappa shape index (κ1) is 11.7. The van der Waals surface area contributed by atoms with Crippen LogP contribution in [0.3, 0.4) is 0 Å². The van der Waals surface area contributed by atoms with E-state index in [4.69, 9.17) is 10.2 Å². The molecule has 17 heavy (non-hydrogen) atoms. The molecule has 0 saturated heterocycles. The number of nitrogens with zero attached hydrogens (tertiary/aromatic N) is 2. The monoisotopic (exact) mass is 247 g/mol. The minimum atomic E-state index is 0.450. The van der Waals surface area contributed by atoms with Crippen molar-refractivity contribution in [2.24, 2.45) is 15.9 Å². The number of thioether (sulfide) groups is 1. The number of nitrogens with two attached hydrogens (primary N) is 1. The molecule has 5 heteroatoms. The number of hydrogen-bond acceptors (Lipinski definition) is 4. The van der Waals surface area contributed by atoms with Crippen LogP contribution < -0.4 is 5.73 Å². The van der Waals surface area contributed by atoms with Gasteiger partial charge >= 0.3 is 0 Å². The van der Waals surface area contributed by atoms with Crippen LogP contribution in [0.4, 0.5) is 0 Å². The Morgan fingerprint density at radius 2 is 2.29 bits per heavy atom. The zero-order valence-electron chi connectivity index (χ0n) is 9.46. The maximum absolute atomic E-state index is 5.63. The third-order valence-electron chi connectivity index (χ3n) is 2.22. The van der Waals surface area contributed by atoms with Gasteiger partial charge in [0.05, 0.1) is 0 Å². The summed E-state index contributed by atoms with van der Waals surface area (Å²) in [6, 6.07) is 9.90. The van der Waals surface area contributed by atoms with Crippen molar-refractivity contribution in [1.29, 1.82) is 0 Å². The average Bonchev–Trinajstić information content (AvgIpc) is 2.76. The second-order valence-electron chi connectivity index (χ2n) is 3.40. The van der Waals surface area contributed by atoms with E-state index in [0.717, 1.165) is 16.7 Å². The fourth-order valence-electron chi connectivity index (χ4n) is 1.41. The second kappa shape index (κ2) is 5.54. The molecule has 0 unspecified atom stereocenters. The van der Waals surface area contributed by atoms with Crippen molar-refractivity contribution in [3.63, 3.8) is 0 Å². The van der Waals surface area contributed by atoms with Gasteiger partial charge in [-0.05, 0) is 18.4 Å². The van der Waals surface area contributed by atoms with Crippen LogP contribution in [0.15, 0.2) is 45.0 Å². The fourth-order valence-corrected chi connectivity index (χ4v) is 1.54. The molecule has 2 aromatic rings. The van der Waals surface area contributed by atoms with E-state index < -0.39 is 0 Å². The highest BCUT2D eigenvalue weighted by atomic mass is 32.2. The highest BCUT2D eigenvalue weighted by Gasteiger charge is 2.00. The third kappa shape index (κ3) is 3.10. The molecule has 0 radical (unpaired) electrons. The Morgan fingerprint density at radius 3 is 3.06 bits per heavy atom. The lowest BCUT2D eigenvalue weighted by atomic mass is 10.2. The summed E-state index contributed by atoms with van der Waals surface area (Å²) in [5.41, 5.74) is 6.38. The van der Waals surface area contributed by atoms with Gasteiger partial charge in [-0.25, -0.2) is 0 Å². The van der Waals surface area contributed by atoms with Crippen molar-refractivity contribution < 1.29 is 4.42 Å². The van der Waals surface area contributed by atoms with Gasteiger partial charge in [0, 0.05) is 18.0 Å². The zero-order valence-corrected chi connectivity index (χ0v) is 10.3. The normalized spacial score (nSPS) is 12.6. The number of hydrogen-bond donors (Lipinski definition) is 1. The van der Waals surface area contributed by atoms with Gasteiger partial charge in [-0.3, -0.25) is 0 Å². The molecule has 0 aliphatic carbocycles. The lowest BCUT2D eigenvalue weighted by Crippen LogP contribution is -2.03. The minimum absolute atomic E-state index is 0.450. The van der Waals surface area contributed by atoms with Gasteiger partial charge in [0.15, 0.2) is 5.17 Å². The molecule has 1 aromatic heterocycles. The van der Waals surface area contributed by atoms with Crippen molar-refractivity contribution in [1.82, 2.24) is 0 Å². The number of rotatable bonds is 3. The SMILES string of the molecule is CSC(N)=N/N=C/Cc1cc2ccccc2o1. The van der Waals surface area contributed by atoms with E-state index in [1.165, 1.54) is 11.8 Å². The molecule has 0 fully saturated rings. The van der Waals surface area contributed by atoms with Crippen LogP contribution in [-0.4, -0.2) is 17.6 Å². The van der Waals surface area contributed by atoms with E-state index in [1.807, 2.05) is 36.6 Å². The number of amidine groups is 1. The van der Waals surface area contributed by atoms with E-state index in [-0.39, 0.29) is 0 Å². The molecule has 1 heterocycles. The molecule has 0 saturated carbocycles. The van der Waals surface area contributed by atoms with Crippen molar-refractivity contribution in [2.45, 2.75) is 6.42 Å². The second-order valence-corrected chi connectivity index (χ2v) is 4.22. The van der Waals surface area contributed by atoms with Gasteiger partial charge in [-0.2, -0.15) is 5.10 Å². The Labute approximate surface area is 104 Å². The van der Waals surface area contributed by atoms with Crippen molar-refractivity contribution >= 4 is 34.1 Å². The zero-order chi connectivity index (χ0) is 12.1. The van der Waals surface area contributed by atoms with Crippen molar-refractivity contribution in [2.75, 3.05) is 6.26 Å². The molecule has 1 aromatic carbocycles. The Bertz CT molecular complexity index is 527. The standard InChI is InChI=1S/C12H13N3OS/c1-17-12(13)15-14-7-6-10-8-9-4-2-3-5-11(9)16-10/h2-5,7-8H,6H2,1H3,(H2,13,15)/b14-7+. The summed E-state index contributed by atoms with van der Waals surface area (Å²) in [4.78, 5) is 0. The van der Waals surface area contributed by atoms with Gasteiger partial charge in [0.1, 0.15) is 11.3 Å². The lowest BCUT2D eigenvalue weighted by molar-refractivity contribution is 0.570. The molecular formula is C12H13N3OS. The highest BCUT2D eigenvalue weighted by Crippen LogP contribution is 2.18. The summed E-state index contributed by atoms with van der Waals surface area (Å²) in [6.07, 6.45) is 4.15. The minimum Gasteiger partial charge on any atom is -0.461 e. The molecule has 0 spiro atoms. The average molecular weight is 247 g/mol. The summed E-state index contributed by atoms with van der Waals surface area (Å²) in [5, 5.41) is 9.21. The van der Waals surface area contributed by atoms with E-state index in [0.29, 0.717) is 11.6 Å². The first-order valence-electron chi connectivity index (χ1n) is 5.16. The maximum atomic E-state index is 5.63. The fraction of sp³-hybridized carbons (Fsp3) is 0.167. The third-order valence-corrected chi connectivity index (χ3v) is 2.72. The molecule has 88 valence electrons. The lowest BCUT2D eigenvalue weighted by Gasteiger charge is -1.88. The van der Waals surface area contributed by atoms with E-state index in [1.54, 1.807) is 6.21 Å². The summed E-state index contributed by atoms with van der Waals surface area (Å²) in [7, 11) is 0. The predicted molar refractivity (Wildman–Crippen MR) is 73.5 cm³/mol. The summed E-state index contributed by atoms with van der Waals surface area (Å²) in [6.45, 7) is 0. The van der Waals surface area contributed by atoms with Crippen LogP contribution in [0, 0.1) is 0 Å². The van der Waals surface area contributed by atoms with E-state index in [2.05, 4.69) is 10.2 Å². The number of fused-ring (bicyclic) bond motifs is 1. The predicted octanol–water partition coefficient (Wildman–Crippen LogP) is 2.64. The molecule has 4 nitrogen and oxygen atoms in total. The largest absolute Gasteiger partial charge is 0.461 e. The molecule has 2 N–H and O–H groups in total. The van der Waals surface area contributed by atoms with Crippen molar-refractivity contribution in [3.05, 3.63) is 36.1 Å². The molecule has 0 atom stereocenters. The first-order chi connectivity index (χ1) is 8.29. The summed E-state index contributed by atoms with van der Waals surface area (Å²) in [5.74, 6) is 0.868. The van der Waals surface area contributed by atoms with Crippen LogP contribution in [0.5, 0.6) is 0 Å². The van der Waals surface area contributed by atoms with Crippen LogP contribution in [0.1, 0.15) is 5.76 Å². The van der Waals surface area contributed by atoms with Gasteiger partial charge in [-0.15, -0.1) is 5.10 Å². The Balaban J connectivity index is 2.04. The quantitative estimate of drug-likeness (QED) is 0.515. The summed E-state index contributed by atoms with van der Waals surface area (Å²) < 4.78 is 5.63. The van der Waals surface area contributed by atoms with Gasteiger partial charge < -0.3 is 10.2 Å². The van der Waals surface area contributed by atoms with Gasteiger partial charge in [-0.1, -0.05) is 30.0 Å². The maximum Gasteiger partial charge on any atom is 0.180 e. The van der Waals surface area contributed by atoms with Crippen molar-refractivity contribution in [3.8, 4) is 0 Å². The molecule has 2 rings (SSSR count). The van der Waals surface area contributed by atoms with Crippen LogP contribution in [0.2, 0.25) is 0 Å². The first-order valence-corrected chi connectivity index (χ1v) is 6.38. The molecule has 0 aliphatic heterocycles. The number of furan rings is 1.